The zero-order chi connectivity index (χ0) is 11.4. The number of carbonyl (C=O) groups is 1. The van der Waals surface area contributed by atoms with Crippen LogP contribution >= 0.6 is 0 Å². The van der Waals surface area contributed by atoms with E-state index in [0.717, 1.165) is 23.2 Å². The van der Waals surface area contributed by atoms with Crippen LogP contribution in [0.3, 0.4) is 0 Å². The summed E-state index contributed by atoms with van der Waals surface area (Å²) in [5.41, 5.74) is 7.55. The van der Waals surface area contributed by atoms with Crippen molar-refractivity contribution < 1.29 is 9.53 Å². The highest BCUT2D eigenvalue weighted by atomic mass is 16.5. The van der Waals surface area contributed by atoms with Gasteiger partial charge in [0, 0.05) is 0 Å². The normalized spacial score (nSPS) is 12.6. The SMILES string of the molecule is COc1ccc(C(N)C=O)cc1C(C)C. The Hall–Kier alpha value is -1.35. The lowest BCUT2D eigenvalue weighted by Crippen LogP contribution is -2.12. The Morgan fingerprint density at radius 3 is 2.53 bits per heavy atom. The maximum absolute atomic E-state index is 10.6. The Kier molecular flexibility index (Phi) is 3.86. The number of ether oxygens (including phenoxy) is 1. The van der Waals surface area contributed by atoms with E-state index in [2.05, 4.69) is 13.8 Å². The second-order valence-electron chi connectivity index (χ2n) is 3.82. The predicted molar refractivity (Wildman–Crippen MR) is 60.1 cm³/mol. The van der Waals surface area contributed by atoms with E-state index in [1.165, 1.54) is 0 Å². The fourth-order valence-corrected chi connectivity index (χ4v) is 1.49. The molecule has 1 unspecified atom stereocenters. The van der Waals surface area contributed by atoms with E-state index in [1.807, 2.05) is 18.2 Å². The van der Waals surface area contributed by atoms with Crippen molar-refractivity contribution in [3.8, 4) is 5.75 Å². The molecule has 0 heterocycles. The molecule has 0 aromatic heterocycles. The van der Waals surface area contributed by atoms with Gasteiger partial charge in [0.15, 0.2) is 0 Å². The summed E-state index contributed by atoms with van der Waals surface area (Å²) in [4.78, 5) is 10.6. The van der Waals surface area contributed by atoms with Crippen LogP contribution in [0.1, 0.15) is 36.9 Å². The van der Waals surface area contributed by atoms with Gasteiger partial charge in [-0.25, -0.2) is 0 Å². The number of rotatable bonds is 4. The Labute approximate surface area is 90.2 Å². The molecule has 1 aromatic rings. The topological polar surface area (TPSA) is 52.3 Å². The van der Waals surface area contributed by atoms with Crippen LogP contribution in [-0.4, -0.2) is 13.4 Å². The number of aldehydes is 1. The van der Waals surface area contributed by atoms with Crippen molar-refractivity contribution in [1.82, 2.24) is 0 Å². The minimum atomic E-state index is -0.548. The molecule has 2 N–H and O–H groups in total. The van der Waals surface area contributed by atoms with Gasteiger partial charge in [0.05, 0.1) is 13.2 Å². The Morgan fingerprint density at radius 1 is 1.40 bits per heavy atom. The second-order valence-corrected chi connectivity index (χ2v) is 3.82. The van der Waals surface area contributed by atoms with Crippen molar-refractivity contribution in [1.29, 1.82) is 0 Å². The Morgan fingerprint density at radius 2 is 2.07 bits per heavy atom. The standard InChI is InChI=1S/C12H17NO2/c1-8(2)10-6-9(11(13)7-14)4-5-12(10)15-3/h4-8,11H,13H2,1-3H3. The smallest absolute Gasteiger partial charge is 0.141 e. The summed E-state index contributed by atoms with van der Waals surface area (Å²) in [5, 5.41) is 0. The van der Waals surface area contributed by atoms with Crippen molar-refractivity contribution in [3.63, 3.8) is 0 Å². The van der Waals surface area contributed by atoms with E-state index in [1.54, 1.807) is 7.11 Å². The largest absolute Gasteiger partial charge is 0.496 e. The van der Waals surface area contributed by atoms with Crippen LogP contribution in [0.15, 0.2) is 18.2 Å². The van der Waals surface area contributed by atoms with Crippen LogP contribution in [0.4, 0.5) is 0 Å². The van der Waals surface area contributed by atoms with Gasteiger partial charge in [-0.15, -0.1) is 0 Å². The van der Waals surface area contributed by atoms with Gasteiger partial charge in [0.2, 0.25) is 0 Å². The maximum Gasteiger partial charge on any atom is 0.141 e. The van der Waals surface area contributed by atoms with Crippen molar-refractivity contribution in [3.05, 3.63) is 29.3 Å². The highest BCUT2D eigenvalue weighted by molar-refractivity contribution is 5.61. The van der Waals surface area contributed by atoms with Crippen LogP contribution in [-0.2, 0) is 4.79 Å². The molecule has 0 saturated carbocycles. The average Bonchev–Trinajstić information content (AvgIpc) is 2.27. The number of hydrogen-bond donors (Lipinski definition) is 1. The molecule has 0 saturated heterocycles. The molecule has 0 fully saturated rings. The first-order chi connectivity index (χ1) is 7.10. The average molecular weight is 207 g/mol. The van der Waals surface area contributed by atoms with Crippen molar-refractivity contribution in [2.75, 3.05) is 7.11 Å². The van der Waals surface area contributed by atoms with E-state index in [4.69, 9.17) is 10.5 Å². The molecule has 0 aliphatic carbocycles. The molecule has 0 aliphatic heterocycles. The van der Waals surface area contributed by atoms with Gasteiger partial charge in [-0.1, -0.05) is 19.9 Å². The van der Waals surface area contributed by atoms with Crippen LogP contribution in [0.2, 0.25) is 0 Å². The third-order valence-corrected chi connectivity index (χ3v) is 2.41. The summed E-state index contributed by atoms with van der Waals surface area (Å²) < 4.78 is 5.25. The number of nitrogens with two attached hydrogens (primary N) is 1. The zero-order valence-electron chi connectivity index (χ0n) is 9.36. The van der Waals surface area contributed by atoms with E-state index < -0.39 is 6.04 Å². The quantitative estimate of drug-likeness (QED) is 0.768. The second kappa shape index (κ2) is 4.94. The molecule has 82 valence electrons. The van der Waals surface area contributed by atoms with Crippen LogP contribution in [0.25, 0.3) is 0 Å². The predicted octanol–water partition coefficient (Wildman–Crippen LogP) is 2.02. The first kappa shape index (κ1) is 11.7. The summed E-state index contributed by atoms with van der Waals surface area (Å²) in [7, 11) is 1.64. The summed E-state index contributed by atoms with van der Waals surface area (Å²) in [6, 6.07) is 5.06. The minimum Gasteiger partial charge on any atom is -0.496 e. The Balaban J connectivity index is 3.15. The molecule has 1 rings (SSSR count). The molecule has 0 bridgehead atoms. The van der Waals surface area contributed by atoms with E-state index in [-0.39, 0.29) is 0 Å². The molecule has 1 aromatic carbocycles. The third kappa shape index (κ3) is 2.57. The minimum absolute atomic E-state index is 0.346. The molecule has 0 radical (unpaired) electrons. The molecule has 0 aliphatic rings. The molecule has 3 nitrogen and oxygen atoms in total. The molecular formula is C12H17NO2. The number of hydrogen-bond acceptors (Lipinski definition) is 3. The highest BCUT2D eigenvalue weighted by Gasteiger charge is 2.11. The van der Waals surface area contributed by atoms with Crippen molar-refractivity contribution in [2.45, 2.75) is 25.8 Å². The van der Waals surface area contributed by atoms with Crippen molar-refractivity contribution in [2.24, 2.45) is 5.73 Å². The molecule has 0 amide bonds. The zero-order valence-corrected chi connectivity index (χ0v) is 9.36. The fraction of sp³-hybridized carbons (Fsp3) is 0.417. The van der Waals surface area contributed by atoms with Crippen molar-refractivity contribution >= 4 is 6.29 Å². The van der Waals surface area contributed by atoms with Gasteiger partial charge < -0.3 is 15.3 Å². The summed E-state index contributed by atoms with van der Waals surface area (Å²) >= 11 is 0. The molecule has 15 heavy (non-hydrogen) atoms. The number of carbonyl (C=O) groups excluding carboxylic acids is 1. The summed E-state index contributed by atoms with van der Waals surface area (Å²) in [5.74, 6) is 1.19. The summed E-state index contributed by atoms with van der Waals surface area (Å²) in [6.45, 7) is 4.15. The maximum atomic E-state index is 10.6. The first-order valence-electron chi connectivity index (χ1n) is 4.98. The Bertz CT molecular complexity index is 347. The number of benzene rings is 1. The van der Waals surface area contributed by atoms with E-state index >= 15 is 0 Å². The summed E-state index contributed by atoms with van der Waals surface area (Å²) in [6.07, 6.45) is 0.742. The lowest BCUT2D eigenvalue weighted by molar-refractivity contribution is -0.109. The van der Waals surface area contributed by atoms with Gasteiger partial charge in [0.25, 0.3) is 0 Å². The molecule has 0 spiro atoms. The lowest BCUT2D eigenvalue weighted by atomic mass is 9.97. The number of methoxy groups -OCH3 is 1. The monoisotopic (exact) mass is 207 g/mol. The lowest BCUT2D eigenvalue weighted by Gasteiger charge is -2.14. The highest BCUT2D eigenvalue weighted by Crippen LogP contribution is 2.28. The first-order valence-corrected chi connectivity index (χ1v) is 4.98. The molecule has 3 heteroatoms. The molecule has 1 atom stereocenters. The van der Waals surface area contributed by atoms with E-state index in [9.17, 15) is 4.79 Å². The van der Waals surface area contributed by atoms with Crippen LogP contribution < -0.4 is 10.5 Å². The van der Waals surface area contributed by atoms with Gasteiger partial charge in [-0.3, -0.25) is 0 Å². The molecular weight excluding hydrogens is 190 g/mol. The van der Waals surface area contributed by atoms with Gasteiger partial charge in [-0.2, -0.15) is 0 Å². The van der Waals surface area contributed by atoms with Crippen LogP contribution in [0.5, 0.6) is 5.75 Å². The third-order valence-electron chi connectivity index (χ3n) is 2.41. The van der Waals surface area contributed by atoms with Gasteiger partial charge in [0.1, 0.15) is 12.0 Å². The van der Waals surface area contributed by atoms with Crippen LogP contribution in [0, 0.1) is 0 Å². The van der Waals surface area contributed by atoms with E-state index in [0.29, 0.717) is 5.92 Å². The van der Waals surface area contributed by atoms with Gasteiger partial charge in [-0.05, 0) is 29.2 Å². The fourth-order valence-electron chi connectivity index (χ4n) is 1.49. The van der Waals surface area contributed by atoms with Gasteiger partial charge >= 0.3 is 0 Å².